The van der Waals surface area contributed by atoms with Gasteiger partial charge in [0.05, 0.1) is 27.2 Å². The van der Waals surface area contributed by atoms with Gasteiger partial charge in [-0.15, -0.1) is 0 Å². The topological polar surface area (TPSA) is 85.3 Å². The van der Waals surface area contributed by atoms with Crippen LogP contribution in [0.1, 0.15) is 77.0 Å². The Labute approximate surface area is 210 Å². The van der Waals surface area contributed by atoms with E-state index < -0.39 is 11.4 Å². The number of carbonyl (C=O) groups is 2. The Bertz CT molecular complexity index is 896. The van der Waals surface area contributed by atoms with Gasteiger partial charge in [-0.25, -0.2) is 0 Å². The van der Waals surface area contributed by atoms with Crippen LogP contribution in [0.3, 0.4) is 0 Å². The molecule has 1 saturated heterocycles. The highest BCUT2D eigenvalue weighted by Gasteiger charge is 2.40. The number of carboxylic acid groups (broad SMARTS) is 1. The Morgan fingerprint density at radius 2 is 1.83 bits per heavy atom. The van der Waals surface area contributed by atoms with Gasteiger partial charge in [0.1, 0.15) is 0 Å². The fourth-order valence-electron chi connectivity index (χ4n) is 5.79. The summed E-state index contributed by atoms with van der Waals surface area (Å²) in [4.78, 5) is 26.2. The van der Waals surface area contributed by atoms with E-state index in [0.717, 1.165) is 43.9 Å². The molecule has 196 valence electrons. The van der Waals surface area contributed by atoms with Crippen LogP contribution in [0.15, 0.2) is 12.1 Å². The Kier molecular flexibility index (Phi) is 9.08. The summed E-state index contributed by atoms with van der Waals surface area (Å²) in [5.41, 5.74) is 2.17. The van der Waals surface area contributed by atoms with Crippen molar-refractivity contribution in [3.8, 4) is 11.5 Å². The van der Waals surface area contributed by atoms with Gasteiger partial charge in [-0.3, -0.25) is 14.5 Å². The van der Waals surface area contributed by atoms with Crippen molar-refractivity contribution in [2.75, 3.05) is 33.9 Å². The van der Waals surface area contributed by atoms with Gasteiger partial charge < -0.3 is 19.3 Å². The van der Waals surface area contributed by atoms with Crippen molar-refractivity contribution < 1.29 is 28.9 Å². The smallest absolute Gasteiger partial charge is 0.305 e. The number of carbonyl (C=O) groups excluding carboxylic acids is 1. The highest BCUT2D eigenvalue weighted by Crippen LogP contribution is 2.45. The maximum atomic E-state index is 12.6. The fourth-order valence-corrected chi connectivity index (χ4v) is 5.79. The predicted octanol–water partition coefficient (Wildman–Crippen LogP) is 5.11. The van der Waals surface area contributed by atoms with E-state index in [1.807, 2.05) is 13.8 Å². The lowest BCUT2D eigenvalue weighted by atomic mass is 9.74. The molecule has 1 N–H and O–H groups in total. The first-order chi connectivity index (χ1) is 16.5. The number of benzene rings is 1. The molecule has 0 aliphatic carbocycles. The Balaban J connectivity index is 1.70. The van der Waals surface area contributed by atoms with Gasteiger partial charge in [-0.05, 0) is 72.1 Å². The van der Waals surface area contributed by atoms with Crippen LogP contribution in [-0.4, -0.2) is 55.9 Å². The summed E-state index contributed by atoms with van der Waals surface area (Å²) in [5, 5.41) is 9.08. The lowest BCUT2D eigenvalue weighted by molar-refractivity contribution is -0.148. The van der Waals surface area contributed by atoms with E-state index in [9.17, 15) is 9.59 Å². The summed E-state index contributed by atoms with van der Waals surface area (Å²) in [5.74, 6) is 1.79. The molecule has 7 nitrogen and oxygen atoms in total. The van der Waals surface area contributed by atoms with Gasteiger partial charge in [0.2, 0.25) is 0 Å². The molecule has 7 heteroatoms. The molecule has 1 aromatic rings. The quantitative estimate of drug-likeness (QED) is 0.432. The zero-order chi connectivity index (χ0) is 25.8. The van der Waals surface area contributed by atoms with E-state index in [2.05, 4.69) is 30.9 Å². The third-order valence-corrected chi connectivity index (χ3v) is 7.64. The Hall–Kier alpha value is -2.28. The number of rotatable bonds is 11. The number of nitrogens with zero attached hydrogens (tertiary/aromatic N) is 1. The van der Waals surface area contributed by atoms with Gasteiger partial charge in [-0.2, -0.15) is 0 Å². The standard InChI is InChI=1S/C28H43NO6/c1-18(2)11-20-16-29-10-8-19-13-24(33-5)25(34-6)14-22(19)23(29)12-21(20)17-35-27(32)7-9-28(3,4)15-26(30)31/h13-14,18,20-21,23H,7-12,15-17H2,1-6H3,(H,30,31)/t20-,21+,23-/m1/s1. The van der Waals surface area contributed by atoms with Crippen molar-refractivity contribution in [2.24, 2.45) is 23.2 Å². The van der Waals surface area contributed by atoms with Gasteiger partial charge in [-0.1, -0.05) is 27.7 Å². The second-order valence-corrected chi connectivity index (χ2v) is 11.5. The number of carboxylic acids is 1. The van der Waals surface area contributed by atoms with E-state index in [-0.39, 0.29) is 30.8 Å². The average molecular weight is 490 g/mol. The molecule has 0 bridgehead atoms. The van der Waals surface area contributed by atoms with Crippen LogP contribution >= 0.6 is 0 Å². The summed E-state index contributed by atoms with van der Waals surface area (Å²) >= 11 is 0. The van der Waals surface area contributed by atoms with Crippen molar-refractivity contribution in [2.45, 2.75) is 72.3 Å². The molecule has 1 aromatic carbocycles. The zero-order valence-corrected chi connectivity index (χ0v) is 22.3. The van der Waals surface area contributed by atoms with Gasteiger partial charge in [0, 0.05) is 25.6 Å². The highest BCUT2D eigenvalue weighted by atomic mass is 16.5. The second-order valence-electron chi connectivity index (χ2n) is 11.5. The first-order valence-corrected chi connectivity index (χ1v) is 12.9. The minimum absolute atomic E-state index is 0.0462. The monoisotopic (exact) mass is 489 g/mol. The largest absolute Gasteiger partial charge is 0.493 e. The number of ether oxygens (including phenoxy) is 3. The molecule has 3 rings (SSSR count). The lowest BCUT2D eigenvalue weighted by Gasteiger charge is -2.47. The summed E-state index contributed by atoms with van der Waals surface area (Å²) < 4.78 is 16.9. The predicted molar refractivity (Wildman–Crippen MR) is 135 cm³/mol. The van der Waals surface area contributed by atoms with Crippen molar-refractivity contribution in [3.05, 3.63) is 23.3 Å². The Morgan fingerprint density at radius 3 is 2.46 bits per heavy atom. The maximum Gasteiger partial charge on any atom is 0.305 e. The van der Waals surface area contributed by atoms with Crippen molar-refractivity contribution >= 4 is 11.9 Å². The number of hydrogen-bond acceptors (Lipinski definition) is 6. The molecule has 2 heterocycles. The van der Waals surface area contributed by atoms with E-state index in [1.54, 1.807) is 14.2 Å². The summed E-state index contributed by atoms with van der Waals surface area (Å²) in [7, 11) is 3.34. The molecule has 0 amide bonds. The number of esters is 1. The molecule has 0 radical (unpaired) electrons. The summed E-state index contributed by atoms with van der Waals surface area (Å²) in [6.45, 7) is 10.7. The second kappa shape index (κ2) is 11.6. The molecule has 0 unspecified atom stereocenters. The molecule has 3 atom stereocenters. The van der Waals surface area contributed by atoms with Crippen LogP contribution in [0.2, 0.25) is 0 Å². The highest BCUT2D eigenvalue weighted by molar-refractivity contribution is 5.70. The molecule has 35 heavy (non-hydrogen) atoms. The van der Waals surface area contributed by atoms with Crippen molar-refractivity contribution in [1.29, 1.82) is 0 Å². The lowest BCUT2D eigenvalue weighted by Crippen LogP contribution is -2.47. The molecule has 2 aliphatic heterocycles. The molecule has 2 aliphatic rings. The van der Waals surface area contributed by atoms with E-state index in [0.29, 0.717) is 24.9 Å². The minimum Gasteiger partial charge on any atom is -0.493 e. The zero-order valence-electron chi connectivity index (χ0n) is 22.3. The first kappa shape index (κ1) is 27.3. The third-order valence-electron chi connectivity index (χ3n) is 7.64. The average Bonchev–Trinajstić information content (AvgIpc) is 2.79. The van der Waals surface area contributed by atoms with Gasteiger partial charge in [0.25, 0.3) is 0 Å². The van der Waals surface area contributed by atoms with E-state index in [4.69, 9.17) is 19.3 Å². The molecule has 1 fully saturated rings. The van der Waals surface area contributed by atoms with E-state index in [1.165, 1.54) is 11.1 Å². The number of aliphatic carboxylic acids is 1. The van der Waals surface area contributed by atoms with Crippen LogP contribution in [-0.2, 0) is 20.7 Å². The molecular formula is C28H43NO6. The van der Waals surface area contributed by atoms with Crippen LogP contribution < -0.4 is 9.47 Å². The minimum atomic E-state index is -0.839. The number of piperidine rings is 1. The molecular weight excluding hydrogens is 446 g/mol. The first-order valence-electron chi connectivity index (χ1n) is 12.9. The van der Waals surface area contributed by atoms with Crippen LogP contribution in [0, 0.1) is 23.2 Å². The van der Waals surface area contributed by atoms with Gasteiger partial charge in [0.15, 0.2) is 11.5 Å². The maximum absolute atomic E-state index is 12.6. The van der Waals surface area contributed by atoms with E-state index >= 15 is 0 Å². The van der Waals surface area contributed by atoms with Crippen molar-refractivity contribution in [1.82, 2.24) is 4.90 Å². The number of hydrogen-bond donors (Lipinski definition) is 1. The Morgan fingerprint density at radius 1 is 1.14 bits per heavy atom. The summed E-state index contributed by atoms with van der Waals surface area (Å²) in [6, 6.07) is 4.52. The molecule has 0 aromatic heterocycles. The van der Waals surface area contributed by atoms with Crippen LogP contribution in [0.25, 0.3) is 0 Å². The van der Waals surface area contributed by atoms with Crippen LogP contribution in [0.4, 0.5) is 0 Å². The third kappa shape index (κ3) is 7.12. The summed E-state index contributed by atoms with van der Waals surface area (Å²) in [6.07, 6.45) is 3.84. The van der Waals surface area contributed by atoms with Crippen molar-refractivity contribution in [3.63, 3.8) is 0 Å². The van der Waals surface area contributed by atoms with Gasteiger partial charge >= 0.3 is 11.9 Å². The molecule has 0 saturated carbocycles. The normalized spacial score (nSPS) is 22.3. The molecule has 0 spiro atoms. The fraction of sp³-hybridized carbons (Fsp3) is 0.714. The number of methoxy groups -OCH3 is 2. The number of fused-ring (bicyclic) bond motifs is 3. The SMILES string of the molecule is COc1cc2c(cc1OC)[C@H]1C[C@@H](COC(=O)CCC(C)(C)CC(=O)O)[C@H](CC(C)C)CN1CC2. The van der Waals surface area contributed by atoms with Crippen LogP contribution in [0.5, 0.6) is 11.5 Å².